The number of ether oxygens (including phenoxy) is 2. The molecule has 2 aromatic carbocycles. The topological polar surface area (TPSA) is 47.6 Å². The summed E-state index contributed by atoms with van der Waals surface area (Å²) in [4.78, 5) is 12.5. The fourth-order valence-corrected chi connectivity index (χ4v) is 2.90. The first kappa shape index (κ1) is 16.9. The van der Waals surface area contributed by atoms with E-state index >= 15 is 0 Å². The number of hydrogen-bond acceptors (Lipinski definition) is 3. The van der Waals surface area contributed by atoms with Gasteiger partial charge in [0, 0.05) is 14.3 Å². The normalized spacial score (nSPS) is 10.2. The molecular weight excluding hydrogens is 417 g/mol. The minimum Gasteiger partial charge on any atom is -0.493 e. The number of rotatable bonds is 4. The number of nitrogens with one attached hydrogen (secondary N) is 1. The Hall–Kier alpha value is -1.47. The van der Waals surface area contributed by atoms with Crippen molar-refractivity contribution in [3.8, 4) is 11.5 Å². The summed E-state index contributed by atoms with van der Waals surface area (Å²) in [6.45, 7) is 1.89. The van der Waals surface area contributed by atoms with Crippen LogP contribution in [0.2, 0.25) is 5.02 Å². The highest BCUT2D eigenvalue weighted by Gasteiger charge is 2.16. The SMILES string of the molecule is COc1cc(I)c(C(=O)Nc2ccc(Cl)cc2C)cc1OC. The van der Waals surface area contributed by atoms with E-state index in [1.165, 1.54) is 7.11 Å². The van der Waals surface area contributed by atoms with E-state index in [2.05, 4.69) is 27.9 Å². The summed E-state index contributed by atoms with van der Waals surface area (Å²) in [6, 6.07) is 8.76. The zero-order chi connectivity index (χ0) is 16.3. The Bertz CT molecular complexity index is 719. The molecule has 22 heavy (non-hydrogen) atoms. The van der Waals surface area contributed by atoms with Crippen molar-refractivity contribution in [2.75, 3.05) is 19.5 Å². The van der Waals surface area contributed by atoms with Crippen LogP contribution in [-0.4, -0.2) is 20.1 Å². The minimum atomic E-state index is -0.212. The monoisotopic (exact) mass is 431 g/mol. The van der Waals surface area contributed by atoms with E-state index in [-0.39, 0.29) is 5.91 Å². The third-order valence-electron chi connectivity index (χ3n) is 3.15. The molecule has 0 fully saturated rings. The molecule has 0 heterocycles. The third kappa shape index (κ3) is 3.64. The van der Waals surface area contributed by atoms with Crippen LogP contribution in [0.15, 0.2) is 30.3 Å². The lowest BCUT2D eigenvalue weighted by molar-refractivity contribution is 0.102. The molecule has 0 unspecified atom stereocenters. The van der Waals surface area contributed by atoms with Crippen LogP contribution in [0.5, 0.6) is 11.5 Å². The molecule has 2 aromatic rings. The van der Waals surface area contributed by atoms with Gasteiger partial charge in [-0.25, -0.2) is 0 Å². The average molecular weight is 432 g/mol. The number of carbonyl (C=O) groups excluding carboxylic acids is 1. The van der Waals surface area contributed by atoms with Gasteiger partial charge in [-0.05, 0) is 65.4 Å². The van der Waals surface area contributed by atoms with Gasteiger partial charge in [0.25, 0.3) is 5.91 Å². The second-order valence-corrected chi connectivity index (χ2v) is 6.20. The first-order chi connectivity index (χ1) is 10.5. The second kappa shape index (κ2) is 7.19. The van der Waals surface area contributed by atoms with Crippen LogP contribution in [0, 0.1) is 10.5 Å². The molecule has 4 nitrogen and oxygen atoms in total. The number of aryl methyl sites for hydroxylation is 1. The van der Waals surface area contributed by atoms with E-state index in [4.69, 9.17) is 21.1 Å². The van der Waals surface area contributed by atoms with Gasteiger partial charge in [0.2, 0.25) is 0 Å². The van der Waals surface area contributed by atoms with Gasteiger partial charge in [-0.1, -0.05) is 11.6 Å². The molecule has 116 valence electrons. The maximum Gasteiger partial charge on any atom is 0.256 e. The molecule has 0 saturated heterocycles. The summed E-state index contributed by atoms with van der Waals surface area (Å²) in [6.07, 6.45) is 0. The number of methoxy groups -OCH3 is 2. The third-order valence-corrected chi connectivity index (χ3v) is 4.28. The van der Waals surface area contributed by atoms with Gasteiger partial charge >= 0.3 is 0 Å². The lowest BCUT2D eigenvalue weighted by Crippen LogP contribution is -2.14. The van der Waals surface area contributed by atoms with Gasteiger partial charge in [-0.3, -0.25) is 4.79 Å². The predicted molar refractivity (Wildman–Crippen MR) is 96.4 cm³/mol. The molecule has 0 radical (unpaired) electrons. The Morgan fingerprint density at radius 3 is 2.36 bits per heavy atom. The average Bonchev–Trinajstić information content (AvgIpc) is 2.49. The van der Waals surface area contributed by atoms with Crippen molar-refractivity contribution in [1.29, 1.82) is 0 Å². The molecule has 6 heteroatoms. The molecule has 2 rings (SSSR count). The molecule has 0 bridgehead atoms. The van der Waals surface area contributed by atoms with E-state index < -0.39 is 0 Å². The van der Waals surface area contributed by atoms with E-state index in [0.717, 1.165) is 14.8 Å². The molecule has 0 aliphatic heterocycles. The Balaban J connectivity index is 2.33. The van der Waals surface area contributed by atoms with Crippen LogP contribution < -0.4 is 14.8 Å². The molecular formula is C16H15ClINO3. The molecule has 0 saturated carbocycles. The fourth-order valence-electron chi connectivity index (χ4n) is 1.99. The quantitative estimate of drug-likeness (QED) is 0.724. The van der Waals surface area contributed by atoms with Gasteiger partial charge in [0.05, 0.1) is 19.8 Å². The Kier molecular flexibility index (Phi) is 5.52. The highest BCUT2D eigenvalue weighted by molar-refractivity contribution is 14.1. The largest absolute Gasteiger partial charge is 0.493 e. The highest BCUT2D eigenvalue weighted by atomic mass is 127. The maximum absolute atomic E-state index is 12.5. The number of halogens is 2. The van der Waals surface area contributed by atoms with Crippen molar-refractivity contribution in [3.63, 3.8) is 0 Å². The van der Waals surface area contributed by atoms with E-state index in [9.17, 15) is 4.79 Å². The molecule has 0 atom stereocenters. The fraction of sp³-hybridized carbons (Fsp3) is 0.188. The van der Waals surface area contributed by atoms with Gasteiger partial charge in [0.1, 0.15) is 0 Å². The predicted octanol–water partition coefficient (Wildman–Crippen LogP) is 4.52. The van der Waals surface area contributed by atoms with Crippen molar-refractivity contribution >= 4 is 45.8 Å². The van der Waals surface area contributed by atoms with E-state index in [0.29, 0.717) is 22.1 Å². The maximum atomic E-state index is 12.5. The van der Waals surface area contributed by atoms with Crippen molar-refractivity contribution in [2.45, 2.75) is 6.92 Å². The minimum absolute atomic E-state index is 0.212. The van der Waals surface area contributed by atoms with Gasteiger partial charge < -0.3 is 14.8 Å². The van der Waals surface area contributed by atoms with Crippen molar-refractivity contribution in [1.82, 2.24) is 0 Å². The van der Waals surface area contributed by atoms with E-state index in [1.807, 2.05) is 6.92 Å². The van der Waals surface area contributed by atoms with Crippen LogP contribution in [0.4, 0.5) is 5.69 Å². The molecule has 0 aromatic heterocycles. The van der Waals surface area contributed by atoms with Gasteiger partial charge in [0.15, 0.2) is 11.5 Å². The second-order valence-electron chi connectivity index (χ2n) is 4.60. The smallest absolute Gasteiger partial charge is 0.256 e. The zero-order valence-electron chi connectivity index (χ0n) is 12.4. The number of hydrogen-bond donors (Lipinski definition) is 1. The van der Waals surface area contributed by atoms with Crippen molar-refractivity contribution in [2.24, 2.45) is 0 Å². The summed E-state index contributed by atoms with van der Waals surface area (Å²) in [5.41, 5.74) is 2.14. The molecule has 0 spiro atoms. The Morgan fingerprint density at radius 2 is 1.77 bits per heavy atom. The molecule has 1 N–H and O–H groups in total. The van der Waals surface area contributed by atoms with Crippen molar-refractivity contribution in [3.05, 3.63) is 50.1 Å². The number of benzene rings is 2. The first-order valence-corrected chi connectivity index (χ1v) is 7.91. The van der Waals surface area contributed by atoms with Crippen LogP contribution >= 0.6 is 34.2 Å². The molecule has 1 amide bonds. The summed E-state index contributed by atoms with van der Waals surface area (Å²) >= 11 is 8.02. The lowest BCUT2D eigenvalue weighted by Gasteiger charge is -2.13. The number of anilines is 1. The highest BCUT2D eigenvalue weighted by Crippen LogP contribution is 2.32. The molecule has 0 aliphatic rings. The lowest BCUT2D eigenvalue weighted by atomic mass is 10.1. The van der Waals surface area contributed by atoms with E-state index in [1.54, 1.807) is 37.4 Å². The van der Waals surface area contributed by atoms with Crippen LogP contribution in [0.1, 0.15) is 15.9 Å². The first-order valence-electron chi connectivity index (χ1n) is 6.45. The number of carbonyl (C=O) groups is 1. The van der Waals surface area contributed by atoms with Crippen LogP contribution in [0.25, 0.3) is 0 Å². The Morgan fingerprint density at radius 1 is 1.14 bits per heavy atom. The van der Waals surface area contributed by atoms with Crippen LogP contribution in [-0.2, 0) is 0 Å². The summed E-state index contributed by atoms with van der Waals surface area (Å²) in [7, 11) is 3.10. The summed E-state index contributed by atoms with van der Waals surface area (Å²) in [5, 5.41) is 3.52. The van der Waals surface area contributed by atoms with Gasteiger partial charge in [-0.15, -0.1) is 0 Å². The van der Waals surface area contributed by atoms with Crippen molar-refractivity contribution < 1.29 is 14.3 Å². The summed E-state index contributed by atoms with van der Waals surface area (Å²) in [5.74, 6) is 0.891. The number of amides is 1. The standard InChI is InChI=1S/C16H15ClINO3/c1-9-6-10(17)4-5-13(9)19-16(20)11-7-14(21-2)15(22-3)8-12(11)18/h4-8H,1-3H3,(H,19,20). The van der Waals surface area contributed by atoms with Gasteiger partial charge in [-0.2, -0.15) is 0 Å². The zero-order valence-corrected chi connectivity index (χ0v) is 15.3. The Labute approximate surface area is 147 Å². The van der Waals surface area contributed by atoms with Crippen LogP contribution in [0.3, 0.4) is 0 Å². The summed E-state index contributed by atoms with van der Waals surface area (Å²) < 4.78 is 11.2. The molecule has 0 aliphatic carbocycles.